The Kier molecular flexibility index (Phi) is 3.15. The Morgan fingerprint density at radius 2 is 1.92 bits per heavy atom. The van der Waals surface area contributed by atoms with E-state index in [2.05, 4.69) is 20.1 Å². The maximum absolute atomic E-state index is 14.2. The van der Waals surface area contributed by atoms with Crippen molar-refractivity contribution < 1.29 is 4.39 Å². The Bertz CT molecular complexity index is 1120. The van der Waals surface area contributed by atoms with Crippen molar-refractivity contribution in [3.05, 3.63) is 59.1 Å². The predicted octanol–water partition coefficient (Wildman–Crippen LogP) is 4.15. The van der Waals surface area contributed by atoms with Gasteiger partial charge in [-0.15, -0.1) is 10.2 Å². The standard InChI is InChI=1S/C18H13ClFN5/c19-17-22-23-18-21-16(12-5-1-2-8-15(12)25(17)18)24-10-4-6-11-13(20)7-3-9-14(11)24/h1-3,5,7-9H,4,6,10H2. The number of para-hydroxylation sites is 1. The van der Waals surface area contributed by atoms with Gasteiger partial charge in [0.1, 0.15) is 11.6 Å². The Morgan fingerprint density at radius 1 is 1.04 bits per heavy atom. The third-order valence-corrected chi connectivity index (χ3v) is 4.89. The number of halogens is 2. The van der Waals surface area contributed by atoms with Gasteiger partial charge in [0.15, 0.2) is 0 Å². The number of aromatic nitrogens is 4. The highest BCUT2D eigenvalue weighted by Gasteiger charge is 2.24. The fourth-order valence-electron chi connectivity index (χ4n) is 3.56. The number of hydrogen-bond acceptors (Lipinski definition) is 4. The first-order valence-corrected chi connectivity index (χ1v) is 8.46. The van der Waals surface area contributed by atoms with Gasteiger partial charge in [-0.2, -0.15) is 4.98 Å². The molecule has 0 N–H and O–H groups in total. The van der Waals surface area contributed by atoms with Gasteiger partial charge in [0.2, 0.25) is 5.28 Å². The molecule has 0 fully saturated rings. The van der Waals surface area contributed by atoms with Crippen molar-refractivity contribution >= 4 is 39.8 Å². The van der Waals surface area contributed by atoms with E-state index in [9.17, 15) is 4.39 Å². The first-order chi connectivity index (χ1) is 12.2. The molecule has 5 nitrogen and oxygen atoms in total. The molecule has 0 saturated heterocycles. The van der Waals surface area contributed by atoms with Crippen LogP contribution < -0.4 is 4.90 Å². The molecule has 5 rings (SSSR count). The predicted molar refractivity (Wildman–Crippen MR) is 95.0 cm³/mol. The van der Waals surface area contributed by atoms with Crippen LogP contribution >= 0.6 is 11.6 Å². The van der Waals surface area contributed by atoms with Crippen LogP contribution in [0.5, 0.6) is 0 Å². The van der Waals surface area contributed by atoms with Crippen LogP contribution in [0, 0.1) is 5.82 Å². The van der Waals surface area contributed by atoms with Crippen molar-refractivity contribution in [1.82, 2.24) is 19.6 Å². The molecular formula is C18H13ClFN5. The number of fused-ring (bicyclic) bond motifs is 4. The zero-order valence-electron chi connectivity index (χ0n) is 13.2. The third kappa shape index (κ3) is 2.10. The summed E-state index contributed by atoms with van der Waals surface area (Å²) in [4.78, 5) is 6.75. The van der Waals surface area contributed by atoms with E-state index in [1.54, 1.807) is 10.5 Å². The fraction of sp³-hybridized carbons (Fsp3) is 0.167. The quantitative estimate of drug-likeness (QED) is 0.515. The largest absolute Gasteiger partial charge is 0.325 e. The molecule has 0 aliphatic carbocycles. The van der Waals surface area contributed by atoms with Gasteiger partial charge in [0.05, 0.1) is 5.52 Å². The number of nitrogens with zero attached hydrogens (tertiary/aromatic N) is 5. The first kappa shape index (κ1) is 14.6. The Hall–Kier alpha value is -2.73. The number of anilines is 2. The van der Waals surface area contributed by atoms with Crippen LogP contribution in [-0.2, 0) is 6.42 Å². The highest BCUT2D eigenvalue weighted by molar-refractivity contribution is 6.29. The van der Waals surface area contributed by atoms with Crippen LogP contribution in [0.4, 0.5) is 15.9 Å². The lowest BCUT2D eigenvalue weighted by molar-refractivity contribution is 0.596. The van der Waals surface area contributed by atoms with Crippen molar-refractivity contribution in [3.63, 3.8) is 0 Å². The maximum Gasteiger partial charge on any atom is 0.258 e. The van der Waals surface area contributed by atoms with Gasteiger partial charge in [-0.05, 0) is 48.7 Å². The summed E-state index contributed by atoms with van der Waals surface area (Å²) in [6.07, 6.45) is 1.60. The zero-order chi connectivity index (χ0) is 17.0. The van der Waals surface area contributed by atoms with E-state index >= 15 is 0 Å². The molecule has 7 heteroatoms. The molecular weight excluding hydrogens is 341 g/mol. The summed E-state index contributed by atoms with van der Waals surface area (Å²) >= 11 is 6.18. The Labute approximate surface area is 147 Å². The number of hydrogen-bond donors (Lipinski definition) is 0. The Morgan fingerprint density at radius 3 is 2.84 bits per heavy atom. The number of benzene rings is 2. The first-order valence-electron chi connectivity index (χ1n) is 8.08. The molecule has 0 amide bonds. The zero-order valence-corrected chi connectivity index (χ0v) is 13.9. The minimum absolute atomic E-state index is 0.168. The molecule has 1 aliphatic heterocycles. The SMILES string of the molecule is Fc1cccc2c1CCCN2c1nc2nnc(Cl)n2c2ccccc12. The van der Waals surface area contributed by atoms with E-state index in [4.69, 9.17) is 11.6 Å². The lowest BCUT2D eigenvalue weighted by atomic mass is 10.0. The van der Waals surface area contributed by atoms with E-state index in [-0.39, 0.29) is 11.1 Å². The van der Waals surface area contributed by atoms with E-state index in [0.29, 0.717) is 5.78 Å². The molecule has 1 aliphatic rings. The highest BCUT2D eigenvalue weighted by Crippen LogP contribution is 2.37. The molecule has 0 saturated carbocycles. The molecule has 0 radical (unpaired) electrons. The second kappa shape index (κ2) is 5.39. The van der Waals surface area contributed by atoms with Crippen molar-refractivity contribution in [2.45, 2.75) is 12.8 Å². The van der Waals surface area contributed by atoms with E-state index in [1.807, 2.05) is 30.3 Å². The molecule has 4 aromatic rings. The van der Waals surface area contributed by atoms with Gasteiger partial charge in [-0.1, -0.05) is 18.2 Å². The van der Waals surface area contributed by atoms with Gasteiger partial charge in [0.25, 0.3) is 5.78 Å². The summed E-state index contributed by atoms with van der Waals surface area (Å²) in [7, 11) is 0. The maximum atomic E-state index is 14.2. The summed E-state index contributed by atoms with van der Waals surface area (Å²) in [6, 6.07) is 13.0. The molecule has 0 unspecified atom stereocenters. The Balaban J connectivity index is 1.83. The molecule has 2 aromatic heterocycles. The number of rotatable bonds is 1. The van der Waals surface area contributed by atoms with Crippen LogP contribution in [0.1, 0.15) is 12.0 Å². The van der Waals surface area contributed by atoms with E-state index < -0.39 is 0 Å². The van der Waals surface area contributed by atoms with Gasteiger partial charge in [-0.25, -0.2) is 8.79 Å². The average molecular weight is 354 g/mol. The van der Waals surface area contributed by atoms with Gasteiger partial charge in [-0.3, -0.25) is 0 Å². The topological polar surface area (TPSA) is 46.3 Å². The fourth-order valence-corrected chi connectivity index (χ4v) is 3.76. The van der Waals surface area contributed by atoms with E-state index in [0.717, 1.165) is 47.4 Å². The second-order valence-corrected chi connectivity index (χ2v) is 6.39. The second-order valence-electron chi connectivity index (χ2n) is 6.05. The van der Waals surface area contributed by atoms with Gasteiger partial charge >= 0.3 is 0 Å². The van der Waals surface area contributed by atoms with Crippen molar-refractivity contribution in [2.75, 3.05) is 11.4 Å². The molecule has 0 spiro atoms. The van der Waals surface area contributed by atoms with Crippen molar-refractivity contribution in [1.29, 1.82) is 0 Å². The summed E-state index contributed by atoms with van der Waals surface area (Å²) in [5, 5.41) is 9.19. The summed E-state index contributed by atoms with van der Waals surface area (Å²) in [6.45, 7) is 0.769. The normalized spacial score (nSPS) is 14.2. The van der Waals surface area contributed by atoms with Crippen LogP contribution in [0.25, 0.3) is 16.7 Å². The molecule has 0 bridgehead atoms. The summed E-state index contributed by atoms with van der Waals surface area (Å²) in [5.74, 6) is 1.01. The summed E-state index contributed by atoms with van der Waals surface area (Å²) < 4.78 is 16.0. The van der Waals surface area contributed by atoms with Crippen LogP contribution in [-0.4, -0.2) is 26.1 Å². The lowest BCUT2D eigenvalue weighted by Crippen LogP contribution is -2.26. The summed E-state index contributed by atoms with van der Waals surface area (Å²) in [5.41, 5.74) is 2.47. The lowest BCUT2D eigenvalue weighted by Gasteiger charge is -2.31. The average Bonchev–Trinajstić information content (AvgIpc) is 3.02. The molecule has 0 atom stereocenters. The molecule has 25 heavy (non-hydrogen) atoms. The van der Waals surface area contributed by atoms with Crippen LogP contribution in [0.15, 0.2) is 42.5 Å². The van der Waals surface area contributed by atoms with Crippen LogP contribution in [0.3, 0.4) is 0 Å². The molecule has 3 heterocycles. The smallest absolute Gasteiger partial charge is 0.258 e. The van der Waals surface area contributed by atoms with Crippen molar-refractivity contribution in [2.24, 2.45) is 0 Å². The van der Waals surface area contributed by atoms with Gasteiger partial charge in [0, 0.05) is 23.2 Å². The van der Waals surface area contributed by atoms with Gasteiger partial charge < -0.3 is 4.90 Å². The van der Waals surface area contributed by atoms with E-state index in [1.165, 1.54) is 6.07 Å². The van der Waals surface area contributed by atoms with Crippen molar-refractivity contribution in [3.8, 4) is 0 Å². The highest BCUT2D eigenvalue weighted by atomic mass is 35.5. The molecule has 2 aromatic carbocycles. The molecule has 124 valence electrons. The minimum atomic E-state index is -0.168. The minimum Gasteiger partial charge on any atom is -0.325 e. The third-order valence-electron chi connectivity index (χ3n) is 4.65. The monoisotopic (exact) mass is 353 g/mol. The van der Waals surface area contributed by atoms with Crippen LogP contribution in [0.2, 0.25) is 5.28 Å².